The van der Waals surface area contributed by atoms with E-state index in [9.17, 15) is 4.79 Å². The van der Waals surface area contributed by atoms with Crippen LogP contribution in [0.15, 0.2) is 47.8 Å². The molecule has 1 aliphatic heterocycles. The molecule has 4 nitrogen and oxygen atoms in total. The van der Waals surface area contributed by atoms with Gasteiger partial charge < -0.3 is 4.74 Å². The fourth-order valence-electron chi connectivity index (χ4n) is 2.68. The zero-order valence-corrected chi connectivity index (χ0v) is 14.7. The van der Waals surface area contributed by atoms with Gasteiger partial charge in [-0.25, -0.2) is 0 Å². The van der Waals surface area contributed by atoms with Crippen LogP contribution in [-0.4, -0.2) is 17.2 Å². The van der Waals surface area contributed by atoms with Crippen molar-refractivity contribution in [1.82, 2.24) is 0 Å². The average molecular weight is 314 g/mol. The van der Waals surface area contributed by atoms with E-state index in [0.29, 0.717) is 12.8 Å². The Morgan fingerprint density at radius 3 is 2.48 bits per heavy atom. The zero-order valence-electron chi connectivity index (χ0n) is 14.7. The molecule has 1 atom stereocenters. The Hall–Kier alpha value is -2.10. The second-order valence-corrected chi connectivity index (χ2v) is 6.88. The van der Waals surface area contributed by atoms with Crippen LogP contribution in [0.3, 0.4) is 0 Å². The van der Waals surface area contributed by atoms with E-state index in [-0.39, 0.29) is 11.5 Å². The maximum Gasteiger partial charge on any atom is 0.259 e. The van der Waals surface area contributed by atoms with Gasteiger partial charge in [-0.1, -0.05) is 25.1 Å². The predicted molar refractivity (Wildman–Crippen MR) is 94.4 cm³/mol. The van der Waals surface area contributed by atoms with Crippen molar-refractivity contribution in [2.75, 3.05) is 5.01 Å². The summed E-state index contributed by atoms with van der Waals surface area (Å²) < 4.78 is 5.62. The van der Waals surface area contributed by atoms with Crippen molar-refractivity contribution in [2.45, 2.75) is 53.1 Å². The summed E-state index contributed by atoms with van der Waals surface area (Å²) >= 11 is 0. The molecule has 0 aromatic heterocycles. The van der Waals surface area contributed by atoms with E-state index < -0.39 is 5.41 Å². The van der Waals surface area contributed by atoms with Gasteiger partial charge in [-0.15, -0.1) is 0 Å². The number of carbonyl (C=O) groups excluding carboxylic acids is 1. The largest absolute Gasteiger partial charge is 0.496 e. The molecule has 4 heteroatoms. The topological polar surface area (TPSA) is 41.9 Å². The number of para-hydroxylation sites is 1. The molecule has 23 heavy (non-hydrogen) atoms. The molecule has 0 radical (unpaired) electrons. The Morgan fingerprint density at radius 2 is 1.91 bits per heavy atom. The van der Waals surface area contributed by atoms with Gasteiger partial charge in [0.2, 0.25) is 0 Å². The quantitative estimate of drug-likeness (QED) is 0.750. The molecule has 124 valence electrons. The third-order valence-corrected chi connectivity index (χ3v) is 4.13. The van der Waals surface area contributed by atoms with Crippen LogP contribution >= 0.6 is 0 Å². The second kappa shape index (κ2) is 6.57. The van der Waals surface area contributed by atoms with Gasteiger partial charge in [0, 0.05) is 0 Å². The van der Waals surface area contributed by atoms with Crippen molar-refractivity contribution >= 4 is 17.3 Å². The molecule has 2 rings (SSSR count). The Bertz CT molecular complexity index is 614. The van der Waals surface area contributed by atoms with Gasteiger partial charge in [0.05, 0.1) is 28.7 Å². The molecule has 1 aliphatic rings. The van der Waals surface area contributed by atoms with Crippen LogP contribution < -0.4 is 5.01 Å². The Morgan fingerprint density at radius 1 is 1.26 bits per heavy atom. The van der Waals surface area contributed by atoms with Crippen molar-refractivity contribution in [3.63, 3.8) is 0 Å². The van der Waals surface area contributed by atoms with Crippen LogP contribution in [0.25, 0.3) is 0 Å². The number of amides is 1. The molecule has 0 saturated heterocycles. The van der Waals surface area contributed by atoms with Crippen LogP contribution in [0.1, 0.15) is 47.5 Å². The number of hydrogen-bond acceptors (Lipinski definition) is 3. The Labute approximate surface area is 138 Å². The summed E-state index contributed by atoms with van der Waals surface area (Å²) in [6.45, 7) is 9.96. The first-order valence-electron chi connectivity index (χ1n) is 8.08. The molecule has 0 spiro atoms. The monoisotopic (exact) mass is 314 g/mol. The molecule has 1 heterocycles. The third-order valence-electron chi connectivity index (χ3n) is 4.13. The molecule has 0 saturated carbocycles. The first-order chi connectivity index (χ1) is 10.8. The minimum Gasteiger partial charge on any atom is -0.496 e. The summed E-state index contributed by atoms with van der Waals surface area (Å²) in [5, 5.41) is 6.04. The lowest BCUT2D eigenvalue weighted by Crippen LogP contribution is -2.38. The second-order valence-electron chi connectivity index (χ2n) is 6.88. The molecule has 0 N–H and O–H groups in total. The third kappa shape index (κ3) is 3.63. The lowest BCUT2D eigenvalue weighted by molar-refractivity contribution is -0.124. The van der Waals surface area contributed by atoms with Crippen LogP contribution in [0.4, 0.5) is 5.69 Å². The zero-order chi connectivity index (χ0) is 17.1. The van der Waals surface area contributed by atoms with Gasteiger partial charge in [0.15, 0.2) is 0 Å². The smallest absolute Gasteiger partial charge is 0.259 e. The van der Waals surface area contributed by atoms with Gasteiger partial charge in [0.1, 0.15) is 0 Å². The number of hydrogen-bond donors (Lipinski definition) is 0. The van der Waals surface area contributed by atoms with Crippen molar-refractivity contribution in [2.24, 2.45) is 10.5 Å². The number of benzene rings is 1. The SMILES string of the molecule is CC[C@]1(C/C=C/OC(C)(C)C)C(=O)N(c2ccccc2)N=C1C. The van der Waals surface area contributed by atoms with E-state index >= 15 is 0 Å². The Balaban J connectivity index is 2.19. The number of nitrogens with zero attached hydrogens (tertiary/aromatic N) is 2. The summed E-state index contributed by atoms with van der Waals surface area (Å²) in [6.07, 6.45) is 4.94. The molecule has 0 unspecified atom stereocenters. The number of rotatable bonds is 5. The molecule has 0 bridgehead atoms. The average Bonchev–Trinajstić information content (AvgIpc) is 2.76. The number of allylic oxidation sites excluding steroid dienone is 1. The van der Waals surface area contributed by atoms with Crippen molar-refractivity contribution in [3.05, 3.63) is 42.7 Å². The predicted octanol–water partition coefficient (Wildman–Crippen LogP) is 4.52. The summed E-state index contributed by atoms with van der Waals surface area (Å²) in [5.41, 5.74) is 0.860. The lowest BCUT2D eigenvalue weighted by Gasteiger charge is -2.26. The molecule has 1 aromatic rings. The van der Waals surface area contributed by atoms with Crippen LogP contribution in [0.2, 0.25) is 0 Å². The standard InChI is InChI=1S/C19H26N2O2/c1-6-19(13-10-14-23-18(3,4)5)15(2)20-21(17(19)22)16-11-8-7-9-12-16/h7-12,14H,6,13H2,1-5H3/b14-10+/t19-/m1/s1. The van der Waals surface area contributed by atoms with E-state index in [0.717, 1.165) is 11.4 Å². The molecule has 1 amide bonds. The fraction of sp³-hybridized carbons (Fsp3) is 0.474. The van der Waals surface area contributed by atoms with Gasteiger partial charge in [-0.2, -0.15) is 10.1 Å². The van der Waals surface area contributed by atoms with E-state index in [1.165, 1.54) is 5.01 Å². The van der Waals surface area contributed by atoms with E-state index in [4.69, 9.17) is 4.74 Å². The highest BCUT2D eigenvalue weighted by molar-refractivity contribution is 6.18. The molecular formula is C19H26N2O2. The fourth-order valence-corrected chi connectivity index (χ4v) is 2.68. The minimum absolute atomic E-state index is 0.0316. The van der Waals surface area contributed by atoms with Crippen molar-refractivity contribution < 1.29 is 9.53 Å². The maximum absolute atomic E-state index is 13.0. The maximum atomic E-state index is 13.0. The van der Waals surface area contributed by atoms with Gasteiger partial charge in [0.25, 0.3) is 5.91 Å². The first-order valence-corrected chi connectivity index (χ1v) is 8.08. The van der Waals surface area contributed by atoms with Crippen LogP contribution in [-0.2, 0) is 9.53 Å². The van der Waals surface area contributed by atoms with Crippen molar-refractivity contribution in [3.8, 4) is 0 Å². The van der Waals surface area contributed by atoms with E-state index in [2.05, 4.69) is 5.10 Å². The van der Waals surface area contributed by atoms with Crippen LogP contribution in [0.5, 0.6) is 0 Å². The van der Waals surface area contributed by atoms with E-state index in [1.54, 1.807) is 6.26 Å². The summed E-state index contributed by atoms with van der Waals surface area (Å²) in [4.78, 5) is 13.0. The lowest BCUT2D eigenvalue weighted by atomic mass is 9.77. The van der Waals surface area contributed by atoms with E-state index in [1.807, 2.05) is 71.0 Å². The normalized spacial score (nSPS) is 21.9. The van der Waals surface area contributed by atoms with Crippen molar-refractivity contribution in [1.29, 1.82) is 0 Å². The summed E-state index contributed by atoms with van der Waals surface area (Å²) in [7, 11) is 0. The highest BCUT2D eigenvalue weighted by atomic mass is 16.5. The van der Waals surface area contributed by atoms with Crippen LogP contribution in [0, 0.1) is 5.41 Å². The highest BCUT2D eigenvalue weighted by Gasteiger charge is 2.47. The number of anilines is 1. The molecule has 0 fully saturated rings. The minimum atomic E-state index is -0.576. The molecule has 1 aromatic carbocycles. The Kier molecular flexibility index (Phi) is 4.93. The molecular weight excluding hydrogens is 288 g/mol. The highest BCUT2D eigenvalue weighted by Crippen LogP contribution is 2.38. The van der Waals surface area contributed by atoms with Gasteiger partial charge in [-0.05, 0) is 58.7 Å². The summed E-state index contributed by atoms with van der Waals surface area (Å²) in [5.74, 6) is 0.0316. The van der Waals surface area contributed by atoms with Gasteiger partial charge >= 0.3 is 0 Å². The molecule has 0 aliphatic carbocycles. The van der Waals surface area contributed by atoms with Gasteiger partial charge in [-0.3, -0.25) is 4.79 Å². The summed E-state index contributed by atoms with van der Waals surface area (Å²) in [6, 6.07) is 9.56. The number of hydrazone groups is 1. The number of carbonyl (C=O) groups is 1. The number of ether oxygens (including phenoxy) is 1. The first kappa shape index (κ1) is 17.3.